The quantitative estimate of drug-likeness (QED) is 0.406. The van der Waals surface area contributed by atoms with Gasteiger partial charge in [0.1, 0.15) is 5.60 Å². The predicted molar refractivity (Wildman–Crippen MR) is 66.9 cm³/mol. The maximum absolute atomic E-state index is 10.4. The van der Waals surface area contributed by atoms with Crippen molar-refractivity contribution in [2.24, 2.45) is 0 Å². The summed E-state index contributed by atoms with van der Waals surface area (Å²) >= 11 is 0. The molecule has 0 radical (unpaired) electrons. The Labute approximate surface area is 109 Å². The van der Waals surface area contributed by atoms with Gasteiger partial charge in [0.05, 0.1) is 4.92 Å². The molecule has 0 saturated carbocycles. The number of hydrogen-bond acceptors (Lipinski definition) is 4. The third-order valence-corrected chi connectivity index (χ3v) is 1.59. The van der Waals surface area contributed by atoms with Crippen LogP contribution in [0.5, 0.6) is 0 Å². The lowest BCUT2D eigenvalue weighted by Crippen LogP contribution is -2.14. The van der Waals surface area contributed by atoms with Crippen LogP contribution in [0, 0.1) is 22.0 Å². The van der Waals surface area contributed by atoms with Crippen LogP contribution in [-0.2, 0) is 0 Å². The summed E-state index contributed by atoms with van der Waals surface area (Å²) < 4.78 is 0. The second kappa shape index (κ2) is 6.98. The van der Waals surface area contributed by atoms with Crippen molar-refractivity contribution >= 4 is 11.8 Å². The second-order valence-corrected chi connectivity index (χ2v) is 3.90. The number of non-ortho nitro benzene ring substituents is 1. The summed E-state index contributed by atoms with van der Waals surface area (Å²) in [5.41, 5.74) is -0.381. The minimum atomic E-state index is -1.83. The van der Waals surface area contributed by atoms with Crippen LogP contribution in [0.25, 0.3) is 0 Å². The summed E-state index contributed by atoms with van der Waals surface area (Å²) in [5, 5.41) is 33.6. The standard InChI is InChI=1S/C11H11NO3.CH2O3/c1-11(2,13)8-7-9-3-5-10(6-4-9)12(14)15;2-1(3)4/h3-6,13H,1-2H3;(H2,2,3,4). The van der Waals surface area contributed by atoms with Crippen LogP contribution in [0.4, 0.5) is 10.5 Å². The summed E-state index contributed by atoms with van der Waals surface area (Å²) in [6.45, 7) is 3.15. The Morgan fingerprint density at radius 2 is 1.68 bits per heavy atom. The lowest BCUT2D eigenvalue weighted by Gasteiger charge is -2.05. The second-order valence-electron chi connectivity index (χ2n) is 3.90. The zero-order chi connectivity index (χ0) is 15.1. The number of benzene rings is 1. The molecular formula is C12H13NO6. The van der Waals surface area contributed by atoms with Crippen LogP contribution in [0.3, 0.4) is 0 Å². The number of aliphatic hydroxyl groups is 1. The molecule has 0 aliphatic rings. The summed E-state index contributed by atoms with van der Waals surface area (Å²) in [5.74, 6) is 5.35. The fourth-order valence-electron chi connectivity index (χ4n) is 0.892. The minimum Gasteiger partial charge on any atom is -0.450 e. The first-order chi connectivity index (χ1) is 8.61. The number of hydrogen-bond donors (Lipinski definition) is 3. The Balaban J connectivity index is 0.000000711. The van der Waals surface area contributed by atoms with Gasteiger partial charge in [-0.15, -0.1) is 0 Å². The van der Waals surface area contributed by atoms with Gasteiger partial charge >= 0.3 is 6.16 Å². The Kier molecular flexibility index (Phi) is 6.03. The molecule has 0 fully saturated rings. The molecule has 0 unspecified atom stereocenters. The highest BCUT2D eigenvalue weighted by Crippen LogP contribution is 2.11. The molecule has 102 valence electrons. The van der Waals surface area contributed by atoms with E-state index < -0.39 is 16.7 Å². The number of carbonyl (C=O) groups is 1. The fourth-order valence-corrected chi connectivity index (χ4v) is 0.892. The normalized spacial score (nSPS) is 9.42. The van der Waals surface area contributed by atoms with E-state index in [1.807, 2.05) is 0 Å². The van der Waals surface area contributed by atoms with E-state index in [0.717, 1.165) is 0 Å². The topological polar surface area (TPSA) is 121 Å². The van der Waals surface area contributed by atoms with Crippen molar-refractivity contribution < 1.29 is 25.0 Å². The summed E-state index contributed by atoms with van der Waals surface area (Å²) in [6.07, 6.45) is -1.83. The highest BCUT2D eigenvalue weighted by molar-refractivity contribution is 5.53. The van der Waals surface area contributed by atoms with Gasteiger partial charge < -0.3 is 15.3 Å². The van der Waals surface area contributed by atoms with E-state index in [-0.39, 0.29) is 5.69 Å². The first-order valence-corrected chi connectivity index (χ1v) is 5.04. The molecule has 0 aliphatic carbocycles. The molecule has 0 heterocycles. The van der Waals surface area contributed by atoms with Gasteiger partial charge in [0.15, 0.2) is 0 Å². The molecule has 0 saturated heterocycles. The van der Waals surface area contributed by atoms with Crippen molar-refractivity contribution in [1.82, 2.24) is 0 Å². The number of carboxylic acid groups (broad SMARTS) is 2. The largest absolute Gasteiger partial charge is 0.503 e. The molecule has 1 aromatic carbocycles. The van der Waals surface area contributed by atoms with Crippen molar-refractivity contribution in [2.75, 3.05) is 0 Å². The third kappa shape index (κ3) is 9.14. The molecule has 0 atom stereocenters. The van der Waals surface area contributed by atoms with Gasteiger partial charge in [-0.05, 0) is 26.0 Å². The molecule has 0 bridgehead atoms. The summed E-state index contributed by atoms with van der Waals surface area (Å²) in [6, 6.07) is 5.87. The van der Waals surface area contributed by atoms with Crippen molar-refractivity contribution in [3.8, 4) is 11.8 Å². The molecule has 3 N–H and O–H groups in total. The van der Waals surface area contributed by atoms with Crippen LogP contribution < -0.4 is 0 Å². The predicted octanol–water partition coefficient (Wildman–Crippen LogP) is 1.94. The van der Waals surface area contributed by atoms with Gasteiger partial charge in [0.25, 0.3) is 5.69 Å². The number of rotatable bonds is 1. The van der Waals surface area contributed by atoms with Crippen molar-refractivity contribution in [2.45, 2.75) is 19.4 Å². The van der Waals surface area contributed by atoms with E-state index in [1.165, 1.54) is 12.1 Å². The first kappa shape index (κ1) is 16.4. The maximum Gasteiger partial charge on any atom is 0.503 e. The molecule has 0 spiro atoms. The number of nitrogens with zero attached hydrogens (tertiary/aromatic N) is 1. The van der Waals surface area contributed by atoms with Crippen LogP contribution in [0.15, 0.2) is 24.3 Å². The zero-order valence-corrected chi connectivity index (χ0v) is 10.3. The van der Waals surface area contributed by atoms with Gasteiger partial charge in [-0.2, -0.15) is 0 Å². The minimum absolute atomic E-state index is 0.0313. The lowest BCUT2D eigenvalue weighted by molar-refractivity contribution is -0.384. The van der Waals surface area contributed by atoms with Gasteiger partial charge in [-0.3, -0.25) is 10.1 Å². The Bertz CT molecular complexity index is 500. The van der Waals surface area contributed by atoms with E-state index in [4.69, 9.17) is 15.0 Å². The van der Waals surface area contributed by atoms with Crippen molar-refractivity contribution in [1.29, 1.82) is 0 Å². The van der Waals surface area contributed by atoms with Crippen LogP contribution >= 0.6 is 0 Å². The van der Waals surface area contributed by atoms with E-state index in [1.54, 1.807) is 26.0 Å². The highest BCUT2D eigenvalue weighted by atomic mass is 16.6. The molecule has 1 aromatic rings. The molecule has 19 heavy (non-hydrogen) atoms. The Morgan fingerprint density at radius 1 is 1.26 bits per heavy atom. The molecule has 0 amide bonds. The number of nitro groups is 1. The number of nitro benzene ring substituents is 1. The average molecular weight is 267 g/mol. The molecule has 0 aliphatic heterocycles. The van der Waals surface area contributed by atoms with Crippen molar-refractivity contribution in [3.63, 3.8) is 0 Å². The first-order valence-electron chi connectivity index (χ1n) is 5.04. The summed E-state index contributed by atoms with van der Waals surface area (Å²) in [4.78, 5) is 18.4. The van der Waals surface area contributed by atoms with Crippen LogP contribution in [0.1, 0.15) is 19.4 Å². The van der Waals surface area contributed by atoms with Gasteiger partial charge in [-0.25, -0.2) is 4.79 Å². The van der Waals surface area contributed by atoms with Crippen LogP contribution in [0.2, 0.25) is 0 Å². The van der Waals surface area contributed by atoms with E-state index in [0.29, 0.717) is 5.56 Å². The summed E-state index contributed by atoms with van der Waals surface area (Å²) in [7, 11) is 0. The zero-order valence-electron chi connectivity index (χ0n) is 10.3. The van der Waals surface area contributed by atoms with E-state index >= 15 is 0 Å². The van der Waals surface area contributed by atoms with Crippen LogP contribution in [-0.4, -0.2) is 32.0 Å². The fraction of sp³-hybridized carbons (Fsp3) is 0.250. The third-order valence-electron chi connectivity index (χ3n) is 1.59. The maximum atomic E-state index is 10.4. The Morgan fingerprint density at radius 3 is 2.00 bits per heavy atom. The smallest absolute Gasteiger partial charge is 0.450 e. The Hall–Kier alpha value is -2.59. The van der Waals surface area contributed by atoms with Gasteiger partial charge in [0.2, 0.25) is 0 Å². The SMILES string of the molecule is CC(C)(O)C#Cc1ccc([N+](=O)[O-])cc1.O=C(O)O. The monoisotopic (exact) mass is 267 g/mol. The molecule has 0 aromatic heterocycles. The van der Waals surface area contributed by atoms with Gasteiger partial charge in [-0.1, -0.05) is 11.8 Å². The molecule has 7 heteroatoms. The molecular weight excluding hydrogens is 254 g/mol. The van der Waals surface area contributed by atoms with Gasteiger partial charge in [0, 0.05) is 17.7 Å². The highest BCUT2D eigenvalue weighted by Gasteiger charge is 2.06. The van der Waals surface area contributed by atoms with E-state index in [9.17, 15) is 15.2 Å². The molecule has 1 rings (SSSR count). The average Bonchev–Trinajstić information content (AvgIpc) is 2.25. The molecule has 7 nitrogen and oxygen atoms in total. The van der Waals surface area contributed by atoms with E-state index in [2.05, 4.69) is 11.8 Å². The lowest BCUT2D eigenvalue weighted by atomic mass is 10.1. The van der Waals surface area contributed by atoms with Crippen molar-refractivity contribution in [3.05, 3.63) is 39.9 Å².